The van der Waals surface area contributed by atoms with Crippen molar-refractivity contribution in [2.75, 3.05) is 40.0 Å². The molecule has 0 spiro atoms. The van der Waals surface area contributed by atoms with E-state index < -0.39 is 11.7 Å². The maximum atomic E-state index is 13.1. The molecule has 4 atom stereocenters. The van der Waals surface area contributed by atoms with Gasteiger partial charge in [0.15, 0.2) is 0 Å². The Bertz CT molecular complexity index is 1240. The fourth-order valence-corrected chi connectivity index (χ4v) is 5.16. The van der Waals surface area contributed by atoms with Gasteiger partial charge in [-0.25, -0.2) is 4.79 Å². The summed E-state index contributed by atoms with van der Waals surface area (Å²) in [6.45, 7) is 7.73. The minimum Gasteiger partial charge on any atom is -0.492 e. The van der Waals surface area contributed by atoms with Crippen molar-refractivity contribution in [3.05, 3.63) is 58.7 Å². The first kappa shape index (κ1) is 26.8. The molecule has 2 heterocycles. The van der Waals surface area contributed by atoms with Crippen molar-refractivity contribution < 1.29 is 33.3 Å². The van der Waals surface area contributed by atoms with Crippen LogP contribution >= 0.6 is 0 Å². The molecular weight excluding hydrogens is 502 g/mol. The van der Waals surface area contributed by atoms with Crippen LogP contribution in [0.5, 0.6) is 11.5 Å². The van der Waals surface area contributed by atoms with Crippen LogP contribution in [0, 0.1) is 11.8 Å². The van der Waals surface area contributed by atoms with Crippen LogP contribution in [-0.2, 0) is 9.47 Å². The summed E-state index contributed by atoms with van der Waals surface area (Å²) < 4.78 is 22.4. The second-order valence-corrected chi connectivity index (χ2v) is 11.1. The molecule has 208 valence electrons. The van der Waals surface area contributed by atoms with Gasteiger partial charge in [0.05, 0.1) is 31.9 Å². The van der Waals surface area contributed by atoms with Crippen molar-refractivity contribution >= 4 is 17.9 Å². The van der Waals surface area contributed by atoms with Gasteiger partial charge >= 0.3 is 6.09 Å². The number of ether oxygens (including phenoxy) is 4. The Morgan fingerprint density at radius 1 is 1.00 bits per heavy atom. The third-order valence-corrected chi connectivity index (χ3v) is 7.19. The molecule has 0 aromatic heterocycles. The van der Waals surface area contributed by atoms with Gasteiger partial charge < -0.3 is 34.9 Å². The average Bonchev–Trinajstić information content (AvgIpc) is 3.25. The largest absolute Gasteiger partial charge is 0.492 e. The predicted octanol–water partition coefficient (Wildman–Crippen LogP) is 2.85. The Kier molecular flexibility index (Phi) is 7.40. The summed E-state index contributed by atoms with van der Waals surface area (Å²) in [5.74, 6) is 1.27. The third-order valence-electron chi connectivity index (χ3n) is 7.19. The monoisotopic (exact) mass is 537 g/mol. The van der Waals surface area contributed by atoms with Gasteiger partial charge in [-0.2, -0.15) is 0 Å². The highest BCUT2D eigenvalue weighted by Crippen LogP contribution is 2.45. The summed E-state index contributed by atoms with van der Waals surface area (Å²) in [4.78, 5) is 37.6. The number of rotatable bonds is 8. The summed E-state index contributed by atoms with van der Waals surface area (Å²) in [7, 11) is 1.56. The summed E-state index contributed by atoms with van der Waals surface area (Å²) in [5.41, 5.74) is 2.00. The van der Waals surface area contributed by atoms with Gasteiger partial charge in [-0.05, 0) is 50.6 Å². The van der Waals surface area contributed by atoms with Gasteiger partial charge in [-0.15, -0.1) is 0 Å². The molecule has 2 aliphatic heterocycles. The molecule has 3 amide bonds. The van der Waals surface area contributed by atoms with Gasteiger partial charge in [0.2, 0.25) is 0 Å². The van der Waals surface area contributed by atoms with Crippen molar-refractivity contribution in [3.8, 4) is 11.5 Å². The molecule has 1 unspecified atom stereocenters. The Morgan fingerprint density at radius 3 is 2.38 bits per heavy atom. The van der Waals surface area contributed by atoms with E-state index in [0.717, 1.165) is 11.1 Å². The second-order valence-electron chi connectivity index (χ2n) is 11.1. The number of hydrogen-bond acceptors (Lipinski definition) is 7. The number of carbonyl (C=O) groups excluding carboxylic acids is 3. The average molecular weight is 538 g/mol. The first-order valence-corrected chi connectivity index (χ1v) is 13.3. The lowest BCUT2D eigenvalue weighted by Crippen LogP contribution is -2.34. The van der Waals surface area contributed by atoms with Crippen LogP contribution in [0.4, 0.5) is 4.79 Å². The maximum absolute atomic E-state index is 13.1. The predicted molar refractivity (Wildman–Crippen MR) is 142 cm³/mol. The van der Waals surface area contributed by atoms with Crippen molar-refractivity contribution in [2.24, 2.45) is 11.8 Å². The molecule has 1 saturated heterocycles. The van der Waals surface area contributed by atoms with Crippen LogP contribution in [0.25, 0.3) is 0 Å². The highest BCUT2D eigenvalue weighted by atomic mass is 16.6. The molecule has 3 N–H and O–H groups in total. The van der Waals surface area contributed by atoms with Crippen LogP contribution in [-0.4, -0.2) is 69.6 Å². The summed E-state index contributed by atoms with van der Waals surface area (Å²) in [6, 6.07) is 11.1. The molecule has 0 radical (unpaired) electrons. The SMILES string of the molecule is CNC(=O)c1cc(C(=O)N[C@H]2[C@@H]3COC[C@@H]32)cc2c1OCC2c1ccc(OCCNC(=O)OC(C)(C)C)cc1. The molecule has 0 bridgehead atoms. The minimum absolute atomic E-state index is 0.127. The van der Waals surface area contributed by atoms with Crippen molar-refractivity contribution in [1.29, 1.82) is 0 Å². The van der Waals surface area contributed by atoms with Gasteiger partial charge in [-0.3, -0.25) is 9.59 Å². The van der Waals surface area contributed by atoms with E-state index in [0.29, 0.717) is 60.8 Å². The van der Waals surface area contributed by atoms with Crippen molar-refractivity contribution in [3.63, 3.8) is 0 Å². The van der Waals surface area contributed by atoms with Gasteiger partial charge in [0.1, 0.15) is 23.7 Å². The minimum atomic E-state index is -0.555. The standard InChI is InChI=1S/C29H35N3O7/c1-29(2,3)39-28(35)31-9-10-37-18-7-5-16(6-8-18)21-15-38-25-19(21)11-17(12-20(25)27(34)30-4)26(33)32-24-22-13-36-14-23(22)24/h5-8,11-12,21-24H,9-10,13-15H2,1-4H3,(H,30,34)(H,31,35)(H,32,33)/t21?,22-,23+,24+. The zero-order valence-electron chi connectivity index (χ0n) is 22.7. The van der Waals surface area contributed by atoms with Crippen LogP contribution in [0.15, 0.2) is 36.4 Å². The molecule has 2 aromatic carbocycles. The Morgan fingerprint density at radius 2 is 1.72 bits per heavy atom. The van der Waals surface area contributed by atoms with E-state index >= 15 is 0 Å². The van der Waals surface area contributed by atoms with Crippen LogP contribution in [0.3, 0.4) is 0 Å². The van der Waals surface area contributed by atoms with E-state index in [1.165, 1.54) is 0 Å². The first-order chi connectivity index (χ1) is 18.6. The number of fused-ring (bicyclic) bond motifs is 2. The Balaban J connectivity index is 1.26. The molecule has 10 heteroatoms. The molecule has 3 aliphatic rings. The molecule has 10 nitrogen and oxygen atoms in total. The Labute approximate surface area is 227 Å². The zero-order valence-corrected chi connectivity index (χ0v) is 22.7. The maximum Gasteiger partial charge on any atom is 0.407 e. The summed E-state index contributed by atoms with van der Waals surface area (Å²) in [5, 5.41) is 8.42. The molecular formula is C29H35N3O7. The van der Waals surface area contributed by atoms with Crippen LogP contribution in [0.1, 0.15) is 58.5 Å². The number of carbonyl (C=O) groups is 3. The number of amides is 3. The Hall–Kier alpha value is -3.79. The zero-order chi connectivity index (χ0) is 27.7. The van der Waals surface area contributed by atoms with E-state index in [1.807, 2.05) is 51.1 Å². The lowest BCUT2D eigenvalue weighted by atomic mass is 9.90. The number of hydrogen-bond donors (Lipinski definition) is 3. The van der Waals surface area contributed by atoms with Gasteiger partial charge in [0, 0.05) is 42.0 Å². The number of benzene rings is 2. The smallest absolute Gasteiger partial charge is 0.407 e. The molecule has 2 aromatic rings. The molecule has 2 fully saturated rings. The van der Waals surface area contributed by atoms with E-state index in [1.54, 1.807) is 13.1 Å². The lowest BCUT2D eigenvalue weighted by Gasteiger charge is -2.19. The topological polar surface area (TPSA) is 124 Å². The van der Waals surface area contributed by atoms with Crippen molar-refractivity contribution in [1.82, 2.24) is 16.0 Å². The number of nitrogens with one attached hydrogen (secondary N) is 3. The van der Waals surface area contributed by atoms with Crippen LogP contribution in [0.2, 0.25) is 0 Å². The molecule has 39 heavy (non-hydrogen) atoms. The fourth-order valence-electron chi connectivity index (χ4n) is 5.16. The highest BCUT2D eigenvalue weighted by molar-refractivity contribution is 6.02. The van der Waals surface area contributed by atoms with Crippen LogP contribution < -0.4 is 25.4 Å². The van der Waals surface area contributed by atoms with E-state index in [4.69, 9.17) is 18.9 Å². The molecule has 1 aliphatic carbocycles. The second kappa shape index (κ2) is 10.8. The number of alkyl carbamates (subject to hydrolysis) is 1. The lowest BCUT2D eigenvalue weighted by molar-refractivity contribution is 0.0520. The van der Waals surface area contributed by atoms with Gasteiger partial charge in [-0.1, -0.05) is 12.1 Å². The highest BCUT2D eigenvalue weighted by Gasteiger charge is 2.54. The van der Waals surface area contributed by atoms with E-state index in [2.05, 4.69) is 16.0 Å². The summed E-state index contributed by atoms with van der Waals surface area (Å²) in [6.07, 6.45) is -0.487. The normalized spacial score (nSPS) is 22.7. The molecule has 1 saturated carbocycles. The quantitative estimate of drug-likeness (QED) is 0.443. The third kappa shape index (κ3) is 5.95. The fraction of sp³-hybridized carbons (Fsp3) is 0.483. The summed E-state index contributed by atoms with van der Waals surface area (Å²) >= 11 is 0. The molecule has 5 rings (SSSR count). The van der Waals surface area contributed by atoms with Crippen molar-refractivity contribution in [2.45, 2.75) is 38.3 Å². The first-order valence-electron chi connectivity index (χ1n) is 13.3. The van der Waals surface area contributed by atoms with Gasteiger partial charge in [0.25, 0.3) is 11.8 Å². The van der Waals surface area contributed by atoms with E-state index in [9.17, 15) is 14.4 Å². The van der Waals surface area contributed by atoms with E-state index in [-0.39, 0.29) is 30.4 Å².